The molecule has 192 valence electrons. The van der Waals surface area contributed by atoms with E-state index in [2.05, 4.69) is 68.2 Å². The largest absolute Gasteiger partial charge is 0.343 e. The first kappa shape index (κ1) is 48.4. The Morgan fingerprint density at radius 1 is 0.483 bits per heavy atom. The quantitative estimate of drug-likeness (QED) is 0.196. The summed E-state index contributed by atoms with van der Waals surface area (Å²) in [7, 11) is 0. The van der Waals surface area contributed by atoms with Crippen LogP contribution in [-0.2, 0) is 59.2 Å². The summed E-state index contributed by atoms with van der Waals surface area (Å²) in [5, 5.41) is 0. The fourth-order valence-corrected chi connectivity index (χ4v) is 1.44. The van der Waals surface area contributed by atoms with Crippen LogP contribution in [0.2, 0.25) is 0 Å². The van der Waals surface area contributed by atoms with Crippen LogP contribution in [-0.4, -0.2) is 0 Å². The molecule has 0 aliphatic heterocycles. The van der Waals surface area contributed by atoms with Gasteiger partial charge >= 0.3 is 0 Å². The zero-order valence-corrected chi connectivity index (χ0v) is 25.9. The van der Waals surface area contributed by atoms with Gasteiger partial charge in [-0.25, -0.2) is 0 Å². The van der Waals surface area contributed by atoms with E-state index in [1.54, 1.807) is 0 Å². The Morgan fingerprint density at radius 3 is 0.655 bits per heavy atom. The Kier molecular flexibility index (Phi) is 105. The second-order valence-corrected chi connectivity index (χ2v) is 6.56. The molecule has 2 aliphatic carbocycles. The Balaban J connectivity index is -0.0000000395. The van der Waals surface area contributed by atoms with Crippen molar-refractivity contribution in [2.24, 2.45) is 0 Å². The van der Waals surface area contributed by atoms with Crippen molar-refractivity contribution in [2.45, 2.75) is 130 Å². The van der Waals surface area contributed by atoms with Gasteiger partial charge in [0.25, 0.3) is 0 Å². The number of rotatable bonds is 4. The molecule has 3 heteroatoms. The Bertz CT molecular complexity index is 110. The predicted molar refractivity (Wildman–Crippen MR) is 127 cm³/mol. The molecular weight excluding hydrogens is 758 g/mol. The molecule has 29 heavy (non-hydrogen) atoms. The molecule has 2 fully saturated rings. The average molecular weight is 813 g/mol. The second-order valence-electron chi connectivity index (χ2n) is 6.56. The van der Waals surface area contributed by atoms with E-state index in [0.29, 0.717) is 0 Å². The minimum absolute atomic E-state index is 0. The summed E-state index contributed by atoms with van der Waals surface area (Å²) < 4.78 is 0. The van der Waals surface area contributed by atoms with Crippen LogP contribution in [0.3, 0.4) is 0 Å². The second kappa shape index (κ2) is 63.1. The summed E-state index contributed by atoms with van der Waals surface area (Å²) in [6, 6.07) is 0. The summed E-state index contributed by atoms with van der Waals surface area (Å²) >= 11 is 0. The number of unbranched alkanes of at least 4 members (excludes halogenated alkanes) is 4. The Morgan fingerprint density at radius 2 is 0.621 bits per heavy atom. The molecule has 0 saturated heterocycles. The van der Waals surface area contributed by atoms with Crippen molar-refractivity contribution in [3.8, 4) is 0 Å². The van der Waals surface area contributed by atoms with Crippen molar-refractivity contribution >= 4 is 0 Å². The van der Waals surface area contributed by atoms with Gasteiger partial charge in [-0.3, -0.25) is 0 Å². The van der Waals surface area contributed by atoms with Gasteiger partial charge in [-0.1, -0.05) is 79.1 Å². The minimum Gasteiger partial charge on any atom is -0.343 e. The van der Waals surface area contributed by atoms with E-state index in [9.17, 15) is 0 Å². The van der Waals surface area contributed by atoms with Crippen LogP contribution < -0.4 is 0 Å². The first-order chi connectivity index (χ1) is 12.7. The molecule has 0 aromatic heterocycles. The molecule has 0 nitrogen and oxygen atoms in total. The molecule has 0 unspecified atom stereocenters. The van der Waals surface area contributed by atoms with Crippen LogP contribution in [0.25, 0.3) is 0 Å². The van der Waals surface area contributed by atoms with Gasteiger partial charge in [0.05, 0.1) is 0 Å². The molecular formula is C26H54FePt2-6. The molecule has 0 atom stereocenters. The third kappa shape index (κ3) is 92.1. The van der Waals surface area contributed by atoms with E-state index in [1.807, 2.05) is 0 Å². The first-order valence-corrected chi connectivity index (χ1v) is 11.5. The van der Waals surface area contributed by atoms with Crippen molar-refractivity contribution in [1.82, 2.24) is 0 Å². The van der Waals surface area contributed by atoms with E-state index in [4.69, 9.17) is 0 Å². The fraction of sp³-hybridized carbons (Fsp3) is 0.769. The minimum atomic E-state index is 0. The molecule has 0 aromatic rings. The predicted octanol–water partition coefficient (Wildman–Crippen LogP) is 10.0. The van der Waals surface area contributed by atoms with Gasteiger partial charge in [0.1, 0.15) is 0 Å². The van der Waals surface area contributed by atoms with Crippen LogP contribution in [0.15, 0.2) is 0 Å². The smallest absolute Gasteiger partial charge is 0 e. The zero-order chi connectivity index (χ0) is 20.7. The molecule has 0 aromatic carbocycles. The van der Waals surface area contributed by atoms with Gasteiger partial charge in [0.15, 0.2) is 0 Å². The molecule has 0 heterocycles. The van der Waals surface area contributed by atoms with Gasteiger partial charge in [0, 0.05) is 59.2 Å². The summed E-state index contributed by atoms with van der Waals surface area (Å²) in [5.74, 6) is 0. The standard InChI is InChI=1S/2C5H9.4C4H9.Fe.2Pt/c2*1-2-4-5-3-1;4*1-3-4-2;;;/h2*1H,2-5H2;4*1,3-4H2,2H3;;;/q6*-1;;;. The van der Waals surface area contributed by atoms with E-state index in [-0.39, 0.29) is 59.2 Å². The van der Waals surface area contributed by atoms with Gasteiger partial charge in [-0.2, -0.15) is 51.4 Å². The summed E-state index contributed by atoms with van der Waals surface area (Å²) in [5.41, 5.74) is 0. The Labute approximate surface area is 228 Å². The monoisotopic (exact) mass is 812 g/mol. The normalized spacial score (nSPS) is 12.4. The molecule has 0 radical (unpaired) electrons. The summed E-state index contributed by atoms with van der Waals surface area (Å²) in [4.78, 5) is 0. The van der Waals surface area contributed by atoms with Crippen molar-refractivity contribution in [2.75, 3.05) is 0 Å². The molecule has 2 saturated carbocycles. The Hall–Kier alpha value is 1.90. The van der Waals surface area contributed by atoms with Crippen molar-refractivity contribution < 1.29 is 59.2 Å². The van der Waals surface area contributed by atoms with Crippen LogP contribution in [0, 0.1) is 40.5 Å². The van der Waals surface area contributed by atoms with E-state index in [1.165, 1.54) is 77.0 Å². The first-order valence-electron chi connectivity index (χ1n) is 11.5. The van der Waals surface area contributed by atoms with Crippen LogP contribution in [0.1, 0.15) is 130 Å². The summed E-state index contributed by atoms with van der Waals surface area (Å²) in [6.07, 6.45) is 25.1. The van der Waals surface area contributed by atoms with Gasteiger partial charge in [0.2, 0.25) is 0 Å². The maximum Gasteiger partial charge on any atom is 0 e. The van der Waals surface area contributed by atoms with Crippen molar-refractivity contribution in [3.05, 3.63) is 40.5 Å². The molecule has 2 rings (SSSR count). The SMILES string of the molecule is [CH-]1CCCC1.[CH-]1CCCC1.[CH2-]CCC.[CH2-]CCC.[CH2-]CCC.[CH2-]CCC.[Fe].[Pt].[Pt]. The van der Waals surface area contributed by atoms with E-state index >= 15 is 0 Å². The molecule has 0 bridgehead atoms. The molecule has 2 aliphatic rings. The summed E-state index contributed by atoms with van der Waals surface area (Å²) in [6.45, 7) is 22.9. The van der Waals surface area contributed by atoms with Crippen molar-refractivity contribution in [3.63, 3.8) is 0 Å². The van der Waals surface area contributed by atoms with Gasteiger partial charge in [-0.15, -0.1) is 0 Å². The van der Waals surface area contributed by atoms with Crippen LogP contribution in [0.5, 0.6) is 0 Å². The maximum absolute atomic E-state index is 3.60. The molecule has 0 N–H and O–H groups in total. The van der Waals surface area contributed by atoms with Crippen LogP contribution in [0.4, 0.5) is 0 Å². The number of hydrogen-bond acceptors (Lipinski definition) is 0. The van der Waals surface area contributed by atoms with Crippen LogP contribution >= 0.6 is 0 Å². The molecule has 0 amide bonds. The zero-order valence-electron chi connectivity index (χ0n) is 20.3. The number of hydrogen-bond donors (Lipinski definition) is 0. The topological polar surface area (TPSA) is 0 Å². The maximum atomic E-state index is 3.60. The molecule has 0 spiro atoms. The van der Waals surface area contributed by atoms with Gasteiger partial charge in [-0.05, 0) is 0 Å². The third-order valence-electron chi connectivity index (χ3n) is 3.55. The fourth-order valence-electron chi connectivity index (χ4n) is 1.44. The van der Waals surface area contributed by atoms with E-state index in [0.717, 1.165) is 25.7 Å². The van der Waals surface area contributed by atoms with Crippen molar-refractivity contribution in [1.29, 1.82) is 0 Å². The van der Waals surface area contributed by atoms with Gasteiger partial charge < -0.3 is 40.5 Å². The third-order valence-corrected chi connectivity index (χ3v) is 3.55. The average Bonchev–Trinajstić information content (AvgIpc) is 3.46. The van der Waals surface area contributed by atoms with E-state index < -0.39 is 0 Å².